The molecule has 0 spiro atoms. The average Bonchev–Trinajstić information content (AvgIpc) is 2.74. The van der Waals surface area contributed by atoms with Gasteiger partial charge in [-0.25, -0.2) is 0 Å². The number of benzene rings is 1. The molecule has 0 aromatic heterocycles. The summed E-state index contributed by atoms with van der Waals surface area (Å²) in [6.07, 6.45) is 2.27. The van der Waals surface area contributed by atoms with E-state index >= 15 is 0 Å². The standard InChI is InChI=1S/C13H16O2/c1-10-5-2-3-6-11(10)9-12(14)13-7-4-8-15-13/h2-3,5-6,13H,4,7-9H2,1H3. The Morgan fingerprint density at radius 2 is 2.27 bits per heavy atom. The maximum Gasteiger partial charge on any atom is 0.165 e. The van der Waals surface area contributed by atoms with Crippen LogP contribution in [0.15, 0.2) is 24.3 Å². The first-order valence-corrected chi connectivity index (χ1v) is 5.46. The van der Waals surface area contributed by atoms with Crippen LogP contribution in [0.5, 0.6) is 0 Å². The third kappa shape index (κ3) is 2.45. The summed E-state index contributed by atoms with van der Waals surface area (Å²) >= 11 is 0. The highest BCUT2D eigenvalue weighted by Gasteiger charge is 2.23. The molecule has 2 rings (SSSR count). The Labute approximate surface area is 90.3 Å². The Hall–Kier alpha value is -1.15. The van der Waals surface area contributed by atoms with Crippen LogP contribution < -0.4 is 0 Å². The molecule has 1 aliphatic heterocycles. The Kier molecular flexibility index (Phi) is 3.17. The molecule has 0 aliphatic carbocycles. The maximum atomic E-state index is 11.8. The van der Waals surface area contributed by atoms with E-state index in [1.165, 1.54) is 5.56 Å². The van der Waals surface area contributed by atoms with Crippen molar-refractivity contribution >= 4 is 5.78 Å². The summed E-state index contributed by atoms with van der Waals surface area (Å²) in [4.78, 5) is 11.8. The fourth-order valence-electron chi connectivity index (χ4n) is 1.94. The van der Waals surface area contributed by atoms with Crippen molar-refractivity contribution in [2.45, 2.75) is 32.3 Å². The van der Waals surface area contributed by atoms with E-state index in [0.29, 0.717) is 6.42 Å². The fourth-order valence-corrected chi connectivity index (χ4v) is 1.94. The zero-order valence-corrected chi connectivity index (χ0v) is 9.03. The Balaban J connectivity index is 2.02. The fraction of sp³-hybridized carbons (Fsp3) is 0.462. The number of hydrogen-bond acceptors (Lipinski definition) is 2. The number of carbonyl (C=O) groups excluding carboxylic acids is 1. The first kappa shape index (κ1) is 10.4. The Morgan fingerprint density at radius 1 is 1.47 bits per heavy atom. The van der Waals surface area contributed by atoms with Crippen molar-refractivity contribution in [2.75, 3.05) is 6.61 Å². The van der Waals surface area contributed by atoms with Crippen molar-refractivity contribution in [1.29, 1.82) is 0 Å². The number of rotatable bonds is 3. The molecule has 2 nitrogen and oxygen atoms in total. The van der Waals surface area contributed by atoms with Gasteiger partial charge in [0.2, 0.25) is 0 Å². The first-order valence-electron chi connectivity index (χ1n) is 5.46. The summed E-state index contributed by atoms with van der Waals surface area (Å²) in [5, 5.41) is 0. The van der Waals surface area contributed by atoms with Crippen LogP contribution >= 0.6 is 0 Å². The lowest BCUT2D eigenvalue weighted by Gasteiger charge is -2.09. The third-order valence-electron chi connectivity index (χ3n) is 2.91. The highest BCUT2D eigenvalue weighted by atomic mass is 16.5. The van der Waals surface area contributed by atoms with Crippen LogP contribution in [0.2, 0.25) is 0 Å². The van der Waals surface area contributed by atoms with Gasteiger partial charge in [0.25, 0.3) is 0 Å². The molecular weight excluding hydrogens is 188 g/mol. The van der Waals surface area contributed by atoms with Crippen molar-refractivity contribution < 1.29 is 9.53 Å². The van der Waals surface area contributed by atoms with E-state index in [2.05, 4.69) is 0 Å². The number of ether oxygens (including phenoxy) is 1. The summed E-state index contributed by atoms with van der Waals surface area (Å²) < 4.78 is 5.38. The smallest absolute Gasteiger partial charge is 0.165 e. The molecule has 15 heavy (non-hydrogen) atoms. The zero-order valence-electron chi connectivity index (χ0n) is 9.03. The molecule has 1 heterocycles. The van der Waals surface area contributed by atoms with Crippen molar-refractivity contribution in [2.24, 2.45) is 0 Å². The normalized spacial score (nSPS) is 20.5. The summed E-state index contributed by atoms with van der Waals surface area (Å²) in [6.45, 7) is 2.78. The van der Waals surface area contributed by atoms with Crippen molar-refractivity contribution in [3.8, 4) is 0 Å². The predicted molar refractivity (Wildman–Crippen MR) is 58.9 cm³/mol. The van der Waals surface area contributed by atoms with Gasteiger partial charge in [-0.15, -0.1) is 0 Å². The average molecular weight is 204 g/mol. The minimum absolute atomic E-state index is 0.149. The molecule has 1 aromatic rings. The molecule has 1 aliphatic rings. The van der Waals surface area contributed by atoms with Gasteiger partial charge in [-0.1, -0.05) is 24.3 Å². The number of hydrogen-bond donors (Lipinski definition) is 0. The minimum atomic E-state index is -0.149. The summed E-state index contributed by atoms with van der Waals surface area (Å²) in [7, 11) is 0. The van der Waals surface area contributed by atoms with E-state index in [0.717, 1.165) is 25.0 Å². The molecule has 1 unspecified atom stereocenters. The second kappa shape index (κ2) is 4.58. The van der Waals surface area contributed by atoms with E-state index in [1.54, 1.807) is 0 Å². The van der Waals surface area contributed by atoms with Crippen LogP contribution in [0.4, 0.5) is 0 Å². The Morgan fingerprint density at radius 3 is 2.93 bits per heavy atom. The van der Waals surface area contributed by atoms with E-state index in [4.69, 9.17) is 4.74 Å². The molecular formula is C13H16O2. The lowest BCUT2D eigenvalue weighted by Crippen LogP contribution is -2.21. The van der Waals surface area contributed by atoms with Gasteiger partial charge in [0.1, 0.15) is 6.10 Å². The van der Waals surface area contributed by atoms with Gasteiger partial charge in [-0.05, 0) is 30.9 Å². The third-order valence-corrected chi connectivity index (χ3v) is 2.91. The SMILES string of the molecule is Cc1ccccc1CC(=O)C1CCCO1. The Bertz CT molecular complexity index is 351. The quantitative estimate of drug-likeness (QED) is 0.755. The lowest BCUT2D eigenvalue weighted by atomic mass is 10.00. The van der Waals surface area contributed by atoms with Crippen LogP contribution in [0, 0.1) is 6.92 Å². The van der Waals surface area contributed by atoms with E-state index in [-0.39, 0.29) is 11.9 Å². The second-order valence-electron chi connectivity index (χ2n) is 4.07. The van der Waals surface area contributed by atoms with Crippen molar-refractivity contribution in [1.82, 2.24) is 0 Å². The largest absolute Gasteiger partial charge is 0.370 e. The van der Waals surface area contributed by atoms with Gasteiger partial charge in [-0.2, -0.15) is 0 Å². The second-order valence-corrected chi connectivity index (χ2v) is 4.07. The van der Waals surface area contributed by atoms with Gasteiger partial charge in [0.15, 0.2) is 5.78 Å². The van der Waals surface area contributed by atoms with E-state index in [1.807, 2.05) is 31.2 Å². The molecule has 1 saturated heterocycles. The molecule has 1 fully saturated rings. The van der Waals surface area contributed by atoms with E-state index < -0.39 is 0 Å². The number of ketones is 1. The van der Waals surface area contributed by atoms with Crippen LogP contribution in [0.25, 0.3) is 0 Å². The number of Topliss-reactive ketones (excluding diaryl/α,β-unsaturated/α-hetero) is 1. The topological polar surface area (TPSA) is 26.3 Å². The zero-order chi connectivity index (χ0) is 10.7. The molecule has 2 heteroatoms. The highest BCUT2D eigenvalue weighted by molar-refractivity contribution is 5.85. The molecule has 0 N–H and O–H groups in total. The van der Waals surface area contributed by atoms with Crippen LogP contribution in [0.3, 0.4) is 0 Å². The van der Waals surface area contributed by atoms with Gasteiger partial charge >= 0.3 is 0 Å². The maximum absolute atomic E-state index is 11.8. The van der Waals surface area contributed by atoms with E-state index in [9.17, 15) is 4.79 Å². The van der Waals surface area contributed by atoms with Gasteiger partial charge in [-0.3, -0.25) is 4.79 Å². The highest BCUT2D eigenvalue weighted by Crippen LogP contribution is 2.16. The van der Waals surface area contributed by atoms with Crippen LogP contribution in [-0.2, 0) is 16.0 Å². The predicted octanol–water partition coefficient (Wildman–Crippen LogP) is 2.29. The molecule has 1 aromatic carbocycles. The van der Waals surface area contributed by atoms with Gasteiger partial charge in [0, 0.05) is 13.0 Å². The minimum Gasteiger partial charge on any atom is -0.370 e. The molecule has 0 amide bonds. The molecule has 0 bridgehead atoms. The molecule has 0 radical (unpaired) electrons. The summed E-state index contributed by atoms with van der Waals surface area (Å²) in [6, 6.07) is 8.03. The molecule has 0 saturated carbocycles. The number of carbonyl (C=O) groups is 1. The van der Waals surface area contributed by atoms with Gasteiger partial charge < -0.3 is 4.74 Å². The van der Waals surface area contributed by atoms with Crippen LogP contribution in [0.1, 0.15) is 24.0 Å². The summed E-state index contributed by atoms with van der Waals surface area (Å²) in [5.74, 6) is 0.224. The summed E-state index contributed by atoms with van der Waals surface area (Å²) in [5.41, 5.74) is 2.31. The lowest BCUT2D eigenvalue weighted by molar-refractivity contribution is -0.127. The number of aryl methyl sites for hydroxylation is 1. The van der Waals surface area contributed by atoms with Crippen LogP contribution in [-0.4, -0.2) is 18.5 Å². The molecule has 80 valence electrons. The molecule has 1 atom stereocenters. The van der Waals surface area contributed by atoms with Gasteiger partial charge in [0.05, 0.1) is 0 Å². The van der Waals surface area contributed by atoms with Crippen molar-refractivity contribution in [3.05, 3.63) is 35.4 Å². The first-order chi connectivity index (χ1) is 7.27. The monoisotopic (exact) mass is 204 g/mol. The van der Waals surface area contributed by atoms with Crippen molar-refractivity contribution in [3.63, 3.8) is 0 Å².